The molecule has 0 unspecified atom stereocenters. The summed E-state index contributed by atoms with van der Waals surface area (Å²) in [5, 5.41) is 9.19. The van der Waals surface area contributed by atoms with Crippen LogP contribution >= 0.6 is 0 Å². The number of rotatable bonds is 5. The second kappa shape index (κ2) is 13.6. The van der Waals surface area contributed by atoms with Crippen LogP contribution in [0.25, 0.3) is 116 Å². The number of para-hydroxylation sites is 1. The summed E-state index contributed by atoms with van der Waals surface area (Å²) in [6.07, 6.45) is 0. The number of furan rings is 1. The molecule has 1 aliphatic rings. The first-order chi connectivity index (χ1) is 33.2. The van der Waals surface area contributed by atoms with Crippen LogP contribution in [0.4, 0.5) is 0 Å². The monoisotopic (exact) mass is 852 g/mol. The minimum atomic E-state index is -0.505. The highest BCUT2D eigenvalue weighted by atomic mass is 16.3. The van der Waals surface area contributed by atoms with Gasteiger partial charge in [-0.15, -0.1) is 0 Å². The van der Waals surface area contributed by atoms with Gasteiger partial charge in [-0.2, -0.15) is 0 Å². The van der Waals surface area contributed by atoms with Crippen LogP contribution in [0, 0.1) is 0 Å². The third-order valence-corrected chi connectivity index (χ3v) is 14.5. The van der Waals surface area contributed by atoms with E-state index in [9.17, 15) is 0 Å². The molecule has 0 saturated heterocycles. The van der Waals surface area contributed by atoms with E-state index in [-0.39, 0.29) is 0 Å². The maximum absolute atomic E-state index is 6.54. The molecule has 0 fully saturated rings. The Morgan fingerprint density at radius 2 is 0.940 bits per heavy atom. The van der Waals surface area contributed by atoms with E-state index < -0.39 is 5.41 Å². The van der Waals surface area contributed by atoms with Crippen LogP contribution in [0.15, 0.2) is 223 Å². The summed E-state index contributed by atoms with van der Waals surface area (Å²) < 4.78 is 8.97. The molecule has 1 aliphatic carbocycles. The van der Waals surface area contributed by atoms with E-state index in [1.165, 1.54) is 49.5 Å². The van der Waals surface area contributed by atoms with Crippen LogP contribution in [0.5, 0.6) is 0 Å². The molecule has 4 heterocycles. The largest absolute Gasteiger partial charge is 0.456 e. The molecule has 67 heavy (non-hydrogen) atoms. The number of fused-ring (bicyclic) bond motifs is 10. The van der Waals surface area contributed by atoms with Gasteiger partial charge in [0.05, 0.1) is 27.4 Å². The number of hydrogen-bond acceptors (Lipinski definition) is 4. The Bertz CT molecular complexity index is 4290. The smallest absolute Gasteiger partial charge is 0.164 e. The first kappa shape index (κ1) is 36.4. The maximum atomic E-state index is 6.54. The molecule has 5 heteroatoms. The van der Waals surface area contributed by atoms with Crippen molar-refractivity contribution < 1.29 is 4.42 Å². The van der Waals surface area contributed by atoms with Crippen LogP contribution in [0.1, 0.15) is 22.3 Å². The SMILES string of the molecule is c1ccc(C2(c3ccccc3)c3ccccc3-c3cc(-c4nc(-c5ccc6c7ccc8oc9cccc%10c%11ccccc%11n(c6c5)c7c8c9%10)nc(-c5cccc6ccccc56)n4)ccc32)cc1. The third kappa shape index (κ3) is 4.95. The van der Waals surface area contributed by atoms with Gasteiger partial charge in [-0.1, -0.05) is 182 Å². The Balaban J connectivity index is 0.998. The summed E-state index contributed by atoms with van der Waals surface area (Å²) in [5.74, 6) is 1.85. The van der Waals surface area contributed by atoms with Crippen molar-refractivity contribution in [2.24, 2.45) is 0 Å². The molecule has 15 rings (SSSR count). The number of benzene rings is 10. The number of hydrogen-bond donors (Lipinski definition) is 0. The topological polar surface area (TPSA) is 56.2 Å². The van der Waals surface area contributed by atoms with Gasteiger partial charge in [-0.3, -0.25) is 0 Å². The van der Waals surface area contributed by atoms with Gasteiger partial charge in [0, 0.05) is 38.2 Å². The molecule has 0 amide bonds. The molecule has 0 aliphatic heterocycles. The minimum absolute atomic E-state index is 0.505. The average molecular weight is 853 g/mol. The van der Waals surface area contributed by atoms with Gasteiger partial charge < -0.3 is 8.82 Å². The molecule has 0 saturated carbocycles. The quantitative estimate of drug-likeness (QED) is 0.173. The Morgan fingerprint density at radius 1 is 0.358 bits per heavy atom. The van der Waals surface area contributed by atoms with E-state index in [0.717, 1.165) is 71.3 Å². The van der Waals surface area contributed by atoms with Crippen LogP contribution in [0.2, 0.25) is 0 Å². The lowest BCUT2D eigenvalue weighted by molar-refractivity contribution is 0.669. The van der Waals surface area contributed by atoms with Crippen molar-refractivity contribution in [3.8, 4) is 45.3 Å². The van der Waals surface area contributed by atoms with Crippen LogP contribution in [0.3, 0.4) is 0 Å². The van der Waals surface area contributed by atoms with Crippen molar-refractivity contribution in [3.05, 3.63) is 241 Å². The highest BCUT2D eigenvalue weighted by Gasteiger charge is 2.46. The van der Waals surface area contributed by atoms with Gasteiger partial charge in [0.2, 0.25) is 0 Å². The standard InChI is InChI=1S/C62H36N4O/c1-3-17-40(18-4-1)62(41-19-5-2-6-20-41)50-26-11-9-22-43(50)49-35-38(30-33-51(49)62)59-63-60(65-61(64-59)48-25-13-16-37-15-7-8-21-42(37)48)39-29-31-45-47-32-34-55-57-56-46(24-14-28-54(56)67-55)44-23-10-12-27-52(44)66(58(47)57)53(45)36-39/h1-36H. The van der Waals surface area contributed by atoms with E-state index in [4.69, 9.17) is 19.4 Å². The molecule has 0 atom stereocenters. The highest BCUT2D eigenvalue weighted by molar-refractivity contribution is 6.31. The summed E-state index contributed by atoms with van der Waals surface area (Å²) in [5.41, 5.74) is 14.8. The molecule has 0 radical (unpaired) electrons. The molecule has 14 aromatic rings. The van der Waals surface area contributed by atoms with Gasteiger partial charge in [-0.05, 0) is 85.9 Å². The summed E-state index contributed by atoms with van der Waals surface area (Å²) in [7, 11) is 0. The number of nitrogens with zero attached hydrogens (tertiary/aromatic N) is 4. The normalized spacial score (nSPS) is 13.2. The third-order valence-electron chi connectivity index (χ3n) is 14.5. The lowest BCUT2D eigenvalue weighted by Gasteiger charge is -2.33. The van der Waals surface area contributed by atoms with Crippen LogP contribution in [-0.4, -0.2) is 19.4 Å². The molecule has 0 bridgehead atoms. The summed E-state index contributed by atoms with van der Waals surface area (Å²) in [6.45, 7) is 0. The first-order valence-corrected chi connectivity index (χ1v) is 22.8. The summed E-state index contributed by atoms with van der Waals surface area (Å²) in [6, 6.07) is 78.5. The maximum Gasteiger partial charge on any atom is 0.164 e. The molecule has 0 N–H and O–H groups in total. The summed E-state index contributed by atoms with van der Waals surface area (Å²) >= 11 is 0. The first-order valence-electron chi connectivity index (χ1n) is 22.8. The zero-order valence-corrected chi connectivity index (χ0v) is 36.0. The lowest BCUT2D eigenvalue weighted by atomic mass is 9.67. The lowest BCUT2D eigenvalue weighted by Crippen LogP contribution is -2.28. The van der Waals surface area contributed by atoms with Crippen molar-refractivity contribution in [1.82, 2.24) is 19.4 Å². The highest BCUT2D eigenvalue weighted by Crippen LogP contribution is 2.56. The van der Waals surface area contributed by atoms with E-state index in [1.54, 1.807) is 0 Å². The fourth-order valence-corrected chi connectivity index (χ4v) is 11.7. The van der Waals surface area contributed by atoms with Gasteiger partial charge in [0.15, 0.2) is 17.5 Å². The Kier molecular flexibility index (Phi) is 7.36. The zero-order chi connectivity index (χ0) is 43.8. The summed E-state index contributed by atoms with van der Waals surface area (Å²) in [4.78, 5) is 16.2. The van der Waals surface area contributed by atoms with Crippen molar-refractivity contribution in [2.75, 3.05) is 0 Å². The predicted molar refractivity (Wildman–Crippen MR) is 273 cm³/mol. The van der Waals surface area contributed by atoms with Gasteiger partial charge in [0.25, 0.3) is 0 Å². The second-order valence-corrected chi connectivity index (χ2v) is 17.8. The minimum Gasteiger partial charge on any atom is -0.456 e. The molecule has 0 spiro atoms. The van der Waals surface area contributed by atoms with Gasteiger partial charge >= 0.3 is 0 Å². The predicted octanol–water partition coefficient (Wildman–Crippen LogP) is 15.4. The molecule has 310 valence electrons. The second-order valence-electron chi connectivity index (χ2n) is 17.8. The average Bonchev–Trinajstić information content (AvgIpc) is 4.01. The van der Waals surface area contributed by atoms with Crippen molar-refractivity contribution in [3.63, 3.8) is 0 Å². The number of aromatic nitrogens is 4. The molecular formula is C62H36N4O. The fraction of sp³-hybridized carbons (Fsp3) is 0.0161. The van der Waals surface area contributed by atoms with Crippen molar-refractivity contribution >= 4 is 70.8 Å². The van der Waals surface area contributed by atoms with E-state index in [1.807, 2.05) is 0 Å². The fourth-order valence-electron chi connectivity index (χ4n) is 11.7. The van der Waals surface area contributed by atoms with Crippen LogP contribution in [-0.2, 0) is 5.41 Å². The van der Waals surface area contributed by atoms with Gasteiger partial charge in [-0.25, -0.2) is 15.0 Å². The Labute approximate surface area is 384 Å². The molecule has 5 nitrogen and oxygen atoms in total. The Morgan fingerprint density at radius 3 is 1.78 bits per heavy atom. The van der Waals surface area contributed by atoms with E-state index in [0.29, 0.717) is 17.5 Å². The van der Waals surface area contributed by atoms with E-state index in [2.05, 4.69) is 223 Å². The van der Waals surface area contributed by atoms with E-state index >= 15 is 0 Å². The zero-order valence-electron chi connectivity index (χ0n) is 36.0. The van der Waals surface area contributed by atoms with Gasteiger partial charge in [0.1, 0.15) is 11.2 Å². The molecule has 10 aromatic carbocycles. The van der Waals surface area contributed by atoms with Crippen molar-refractivity contribution in [2.45, 2.75) is 5.41 Å². The van der Waals surface area contributed by atoms with Crippen LogP contribution < -0.4 is 0 Å². The molecular weight excluding hydrogens is 817 g/mol. The Hall–Kier alpha value is -8.93. The molecule has 4 aromatic heterocycles. The van der Waals surface area contributed by atoms with Crippen molar-refractivity contribution in [1.29, 1.82) is 0 Å².